The molecule has 18 heavy (non-hydrogen) atoms. The summed E-state index contributed by atoms with van der Waals surface area (Å²) in [6.07, 6.45) is 0.109. The SMILES string of the molecule is CC(C)NC(=O)CCNS(=O)(=O)c1cc(N)cs1. The van der Waals surface area contributed by atoms with Crippen LogP contribution in [0.15, 0.2) is 15.7 Å². The smallest absolute Gasteiger partial charge is 0.250 e. The fourth-order valence-electron chi connectivity index (χ4n) is 1.24. The van der Waals surface area contributed by atoms with Crippen molar-refractivity contribution in [2.45, 2.75) is 30.5 Å². The number of nitrogen functional groups attached to an aromatic ring is 1. The monoisotopic (exact) mass is 291 g/mol. The van der Waals surface area contributed by atoms with E-state index in [2.05, 4.69) is 10.0 Å². The number of hydrogen-bond acceptors (Lipinski definition) is 5. The van der Waals surface area contributed by atoms with Crippen molar-refractivity contribution >= 4 is 33.0 Å². The first-order valence-corrected chi connectivity index (χ1v) is 7.80. The Balaban J connectivity index is 2.46. The van der Waals surface area contributed by atoms with E-state index in [1.54, 1.807) is 5.38 Å². The highest BCUT2D eigenvalue weighted by molar-refractivity contribution is 7.91. The van der Waals surface area contributed by atoms with Crippen LogP contribution >= 0.6 is 11.3 Å². The molecular formula is C10H17N3O3S2. The lowest BCUT2D eigenvalue weighted by molar-refractivity contribution is -0.121. The summed E-state index contributed by atoms with van der Waals surface area (Å²) in [6.45, 7) is 3.76. The fraction of sp³-hybridized carbons (Fsp3) is 0.500. The summed E-state index contributed by atoms with van der Waals surface area (Å²) in [5.74, 6) is -0.182. The lowest BCUT2D eigenvalue weighted by Gasteiger charge is -2.08. The molecule has 0 aliphatic rings. The van der Waals surface area contributed by atoms with Gasteiger partial charge in [-0.1, -0.05) is 0 Å². The molecule has 8 heteroatoms. The van der Waals surface area contributed by atoms with Crippen LogP contribution in [-0.4, -0.2) is 26.9 Å². The van der Waals surface area contributed by atoms with E-state index in [0.717, 1.165) is 11.3 Å². The summed E-state index contributed by atoms with van der Waals surface area (Å²) in [6, 6.07) is 1.44. The molecule has 4 N–H and O–H groups in total. The molecule has 1 rings (SSSR count). The van der Waals surface area contributed by atoms with E-state index in [9.17, 15) is 13.2 Å². The predicted molar refractivity (Wildman–Crippen MR) is 71.8 cm³/mol. The highest BCUT2D eigenvalue weighted by Crippen LogP contribution is 2.21. The van der Waals surface area contributed by atoms with Crippen LogP contribution in [0.4, 0.5) is 5.69 Å². The molecule has 0 aliphatic carbocycles. The van der Waals surface area contributed by atoms with E-state index in [1.807, 2.05) is 13.8 Å². The van der Waals surface area contributed by atoms with Gasteiger partial charge in [0, 0.05) is 30.1 Å². The number of hydrogen-bond donors (Lipinski definition) is 3. The number of rotatable bonds is 6. The molecule has 0 bridgehead atoms. The van der Waals surface area contributed by atoms with E-state index < -0.39 is 10.0 Å². The second kappa shape index (κ2) is 6.17. The molecule has 0 aliphatic heterocycles. The number of nitrogens with two attached hydrogens (primary N) is 1. The van der Waals surface area contributed by atoms with Crippen molar-refractivity contribution < 1.29 is 13.2 Å². The molecule has 1 heterocycles. The quantitative estimate of drug-likeness (QED) is 0.711. The molecule has 102 valence electrons. The Kier molecular flexibility index (Phi) is 5.12. The van der Waals surface area contributed by atoms with Crippen LogP contribution in [0.1, 0.15) is 20.3 Å². The molecule has 0 spiro atoms. The number of carbonyl (C=O) groups is 1. The Morgan fingerprint density at radius 1 is 1.50 bits per heavy atom. The third kappa shape index (κ3) is 4.63. The number of thiophene rings is 1. The van der Waals surface area contributed by atoms with Crippen molar-refractivity contribution in [1.82, 2.24) is 10.0 Å². The van der Waals surface area contributed by atoms with Crippen molar-refractivity contribution in [2.24, 2.45) is 0 Å². The summed E-state index contributed by atoms with van der Waals surface area (Å²) >= 11 is 1.05. The van der Waals surface area contributed by atoms with Crippen LogP contribution in [0.2, 0.25) is 0 Å². The highest BCUT2D eigenvalue weighted by Gasteiger charge is 2.16. The number of nitrogens with one attached hydrogen (secondary N) is 2. The van der Waals surface area contributed by atoms with Crippen molar-refractivity contribution in [1.29, 1.82) is 0 Å². The second-order valence-electron chi connectivity index (χ2n) is 4.07. The molecule has 1 aromatic rings. The minimum Gasteiger partial charge on any atom is -0.398 e. The van der Waals surface area contributed by atoms with Gasteiger partial charge >= 0.3 is 0 Å². The lowest BCUT2D eigenvalue weighted by atomic mass is 10.3. The Labute approximate surface area is 111 Å². The van der Waals surface area contributed by atoms with Gasteiger partial charge in [0.15, 0.2) is 0 Å². The maximum atomic E-state index is 11.8. The largest absolute Gasteiger partial charge is 0.398 e. The van der Waals surface area contributed by atoms with Gasteiger partial charge in [0.05, 0.1) is 0 Å². The fourth-order valence-corrected chi connectivity index (χ4v) is 3.39. The van der Waals surface area contributed by atoms with Gasteiger partial charge in [0.25, 0.3) is 0 Å². The summed E-state index contributed by atoms with van der Waals surface area (Å²) < 4.78 is 26.0. The molecular weight excluding hydrogens is 274 g/mol. The lowest BCUT2D eigenvalue weighted by Crippen LogP contribution is -2.33. The molecule has 0 saturated heterocycles. The molecule has 0 saturated carbocycles. The summed E-state index contributed by atoms with van der Waals surface area (Å²) in [5, 5.41) is 4.24. The zero-order chi connectivity index (χ0) is 13.8. The number of sulfonamides is 1. The zero-order valence-corrected chi connectivity index (χ0v) is 11.9. The number of anilines is 1. The van der Waals surface area contributed by atoms with Gasteiger partial charge < -0.3 is 11.1 Å². The average molecular weight is 291 g/mol. The van der Waals surface area contributed by atoms with E-state index in [-0.39, 0.29) is 29.1 Å². The predicted octanol–water partition coefficient (Wildman–Crippen LogP) is 0.523. The van der Waals surface area contributed by atoms with Crippen LogP contribution < -0.4 is 15.8 Å². The van der Waals surface area contributed by atoms with Crippen molar-refractivity contribution in [3.8, 4) is 0 Å². The van der Waals surface area contributed by atoms with Crippen LogP contribution in [0.25, 0.3) is 0 Å². The van der Waals surface area contributed by atoms with Crippen molar-refractivity contribution in [3.05, 3.63) is 11.4 Å². The molecule has 0 atom stereocenters. The summed E-state index contributed by atoms with van der Waals surface area (Å²) in [4.78, 5) is 11.3. The Bertz CT molecular complexity index is 508. The van der Waals surface area contributed by atoms with E-state index in [1.165, 1.54) is 6.07 Å². The molecule has 6 nitrogen and oxygen atoms in total. The third-order valence-corrected chi connectivity index (χ3v) is 4.87. The number of carbonyl (C=O) groups excluding carboxylic acids is 1. The van der Waals surface area contributed by atoms with Crippen LogP contribution in [0, 0.1) is 0 Å². The van der Waals surface area contributed by atoms with Gasteiger partial charge in [-0.15, -0.1) is 11.3 Å². The molecule has 1 amide bonds. The minimum absolute atomic E-state index is 0.0474. The first-order chi connectivity index (χ1) is 8.31. The van der Waals surface area contributed by atoms with Crippen molar-refractivity contribution in [2.75, 3.05) is 12.3 Å². The van der Waals surface area contributed by atoms with E-state index in [0.29, 0.717) is 5.69 Å². The average Bonchev–Trinajstić information content (AvgIpc) is 2.64. The molecule has 0 radical (unpaired) electrons. The standard InChI is InChI=1S/C10H17N3O3S2/c1-7(2)13-9(14)3-4-12-18(15,16)10-5-8(11)6-17-10/h5-7,12H,3-4,11H2,1-2H3,(H,13,14). The van der Waals surface area contributed by atoms with Gasteiger partial charge in [-0.2, -0.15) is 0 Å². The van der Waals surface area contributed by atoms with Crippen LogP contribution in [0.5, 0.6) is 0 Å². The van der Waals surface area contributed by atoms with Gasteiger partial charge in [0.2, 0.25) is 15.9 Å². The highest BCUT2D eigenvalue weighted by atomic mass is 32.2. The van der Waals surface area contributed by atoms with Crippen molar-refractivity contribution in [3.63, 3.8) is 0 Å². The van der Waals surface area contributed by atoms with E-state index >= 15 is 0 Å². The van der Waals surface area contributed by atoms with Crippen LogP contribution in [-0.2, 0) is 14.8 Å². The maximum absolute atomic E-state index is 11.8. The summed E-state index contributed by atoms with van der Waals surface area (Å²) in [7, 11) is -3.56. The minimum atomic E-state index is -3.56. The Hall–Kier alpha value is -1.12. The first kappa shape index (κ1) is 14.9. The summed E-state index contributed by atoms with van der Waals surface area (Å²) in [5.41, 5.74) is 5.88. The van der Waals surface area contributed by atoms with Gasteiger partial charge in [0.1, 0.15) is 4.21 Å². The molecule has 0 aromatic carbocycles. The van der Waals surface area contributed by atoms with Gasteiger partial charge in [-0.05, 0) is 19.9 Å². The maximum Gasteiger partial charge on any atom is 0.250 e. The first-order valence-electron chi connectivity index (χ1n) is 5.44. The molecule has 1 aromatic heterocycles. The number of amides is 1. The van der Waals surface area contributed by atoms with Gasteiger partial charge in [-0.3, -0.25) is 4.79 Å². The molecule has 0 fully saturated rings. The van der Waals surface area contributed by atoms with Crippen LogP contribution in [0.3, 0.4) is 0 Å². The Morgan fingerprint density at radius 2 is 2.17 bits per heavy atom. The third-order valence-electron chi connectivity index (χ3n) is 1.95. The van der Waals surface area contributed by atoms with E-state index in [4.69, 9.17) is 5.73 Å². The second-order valence-corrected chi connectivity index (χ2v) is 6.97. The molecule has 0 unspecified atom stereocenters. The topological polar surface area (TPSA) is 101 Å². The normalized spacial score (nSPS) is 11.7. The zero-order valence-electron chi connectivity index (χ0n) is 10.3. The Morgan fingerprint density at radius 3 is 2.67 bits per heavy atom. The van der Waals surface area contributed by atoms with Gasteiger partial charge in [-0.25, -0.2) is 13.1 Å².